The number of H-pyrrole nitrogens is 2. The number of hydrogen-bond donors (Lipinski definition) is 3. The number of hydrogen-bond acceptors (Lipinski definition) is 3. The van der Waals surface area contributed by atoms with Gasteiger partial charge < -0.3 is 10.3 Å². The second kappa shape index (κ2) is 4.33. The minimum Gasteiger partial charge on any atom is -0.361 e. The van der Waals surface area contributed by atoms with Crippen LogP contribution in [0.15, 0.2) is 36.8 Å². The molecule has 1 amide bonds. The van der Waals surface area contributed by atoms with Crippen molar-refractivity contribution in [3.8, 4) is 0 Å². The highest BCUT2D eigenvalue weighted by Gasteiger charge is 2.07. The standard InChI is InChI=1S/C12H11N5O/c18-12(14-6-11-15-7-16-17-11)9-2-1-8-3-4-13-10(8)5-9/h1-5,7,13H,6H2,(H,14,18)(H,15,16,17). The minimum absolute atomic E-state index is 0.136. The maximum atomic E-state index is 11.9. The summed E-state index contributed by atoms with van der Waals surface area (Å²) in [7, 11) is 0. The Morgan fingerprint density at radius 2 is 2.28 bits per heavy atom. The van der Waals surface area contributed by atoms with Crippen LogP contribution in [0.25, 0.3) is 10.9 Å². The number of aromatic amines is 2. The maximum Gasteiger partial charge on any atom is 0.251 e. The number of carbonyl (C=O) groups excluding carboxylic acids is 1. The fourth-order valence-electron chi connectivity index (χ4n) is 1.77. The number of rotatable bonds is 3. The Balaban J connectivity index is 1.75. The summed E-state index contributed by atoms with van der Waals surface area (Å²) in [5, 5.41) is 10.3. The molecule has 6 nitrogen and oxygen atoms in total. The van der Waals surface area contributed by atoms with Gasteiger partial charge in [0.1, 0.15) is 12.2 Å². The van der Waals surface area contributed by atoms with Crippen LogP contribution in [0.4, 0.5) is 0 Å². The number of amides is 1. The van der Waals surface area contributed by atoms with Crippen LogP contribution in [-0.2, 0) is 6.54 Å². The summed E-state index contributed by atoms with van der Waals surface area (Å²) in [6, 6.07) is 7.50. The summed E-state index contributed by atoms with van der Waals surface area (Å²) < 4.78 is 0. The molecule has 1 aromatic carbocycles. The average molecular weight is 241 g/mol. The molecule has 18 heavy (non-hydrogen) atoms. The van der Waals surface area contributed by atoms with E-state index in [1.165, 1.54) is 6.33 Å². The molecule has 0 radical (unpaired) electrons. The molecule has 0 spiro atoms. The zero-order valence-corrected chi connectivity index (χ0v) is 9.47. The van der Waals surface area contributed by atoms with Gasteiger partial charge in [-0.2, -0.15) is 5.10 Å². The van der Waals surface area contributed by atoms with Gasteiger partial charge in [0, 0.05) is 17.3 Å². The summed E-state index contributed by atoms with van der Waals surface area (Å²) in [5.74, 6) is 0.493. The molecule has 3 rings (SSSR count). The van der Waals surface area contributed by atoms with Gasteiger partial charge in [0.05, 0.1) is 6.54 Å². The molecule has 0 fully saturated rings. The molecule has 2 heterocycles. The fraction of sp³-hybridized carbons (Fsp3) is 0.0833. The van der Waals surface area contributed by atoms with E-state index in [1.807, 2.05) is 24.4 Å². The van der Waals surface area contributed by atoms with Crippen molar-refractivity contribution >= 4 is 16.8 Å². The normalized spacial score (nSPS) is 10.7. The molecule has 3 N–H and O–H groups in total. The minimum atomic E-state index is -0.136. The average Bonchev–Trinajstić information content (AvgIpc) is 3.05. The van der Waals surface area contributed by atoms with Gasteiger partial charge in [-0.15, -0.1) is 0 Å². The third-order valence-corrected chi connectivity index (χ3v) is 2.70. The number of fused-ring (bicyclic) bond motifs is 1. The smallest absolute Gasteiger partial charge is 0.251 e. The topological polar surface area (TPSA) is 86.5 Å². The third-order valence-electron chi connectivity index (χ3n) is 2.70. The van der Waals surface area contributed by atoms with Crippen LogP contribution in [0.1, 0.15) is 16.2 Å². The maximum absolute atomic E-state index is 11.9. The van der Waals surface area contributed by atoms with Crippen LogP contribution in [-0.4, -0.2) is 26.1 Å². The highest BCUT2D eigenvalue weighted by molar-refractivity contribution is 5.97. The molecule has 2 aromatic heterocycles. The molecule has 90 valence electrons. The molecular formula is C12H11N5O. The first kappa shape index (κ1) is 10.5. The number of aromatic nitrogens is 4. The van der Waals surface area contributed by atoms with Crippen LogP contribution >= 0.6 is 0 Å². The predicted molar refractivity (Wildman–Crippen MR) is 65.9 cm³/mol. The van der Waals surface area contributed by atoms with Crippen molar-refractivity contribution < 1.29 is 4.79 Å². The quantitative estimate of drug-likeness (QED) is 0.644. The molecule has 0 unspecified atom stereocenters. The monoisotopic (exact) mass is 241 g/mol. The summed E-state index contributed by atoms with van der Waals surface area (Å²) in [4.78, 5) is 18.9. The van der Waals surface area contributed by atoms with Crippen molar-refractivity contribution in [2.45, 2.75) is 6.54 Å². The van der Waals surface area contributed by atoms with E-state index in [-0.39, 0.29) is 5.91 Å². The van der Waals surface area contributed by atoms with E-state index in [4.69, 9.17) is 0 Å². The van der Waals surface area contributed by atoms with Gasteiger partial charge in [-0.05, 0) is 23.6 Å². The first-order valence-electron chi connectivity index (χ1n) is 5.52. The lowest BCUT2D eigenvalue weighted by atomic mass is 10.1. The van der Waals surface area contributed by atoms with Crippen molar-refractivity contribution in [1.82, 2.24) is 25.5 Å². The highest BCUT2D eigenvalue weighted by Crippen LogP contribution is 2.14. The Morgan fingerprint density at radius 1 is 1.33 bits per heavy atom. The SMILES string of the molecule is O=C(NCc1ncn[nH]1)c1ccc2cc[nH]c2c1. The molecule has 0 saturated carbocycles. The van der Waals surface area contributed by atoms with Gasteiger partial charge in [0.25, 0.3) is 5.91 Å². The molecule has 6 heteroatoms. The van der Waals surface area contributed by atoms with E-state index in [2.05, 4.69) is 25.5 Å². The second-order valence-electron chi connectivity index (χ2n) is 3.89. The Bertz CT molecular complexity index is 671. The Kier molecular flexibility index (Phi) is 2.53. The first-order valence-corrected chi connectivity index (χ1v) is 5.52. The van der Waals surface area contributed by atoms with Crippen LogP contribution in [0.3, 0.4) is 0 Å². The summed E-state index contributed by atoms with van der Waals surface area (Å²) in [6.07, 6.45) is 3.26. The number of benzene rings is 1. The van der Waals surface area contributed by atoms with Gasteiger partial charge in [0.15, 0.2) is 0 Å². The van der Waals surface area contributed by atoms with Crippen LogP contribution < -0.4 is 5.32 Å². The van der Waals surface area contributed by atoms with E-state index < -0.39 is 0 Å². The first-order chi connectivity index (χ1) is 8.83. The zero-order chi connectivity index (χ0) is 12.4. The predicted octanol–water partition coefficient (Wildman–Crippen LogP) is 1.22. The Hall–Kier alpha value is -2.63. The number of carbonyl (C=O) groups is 1. The molecule has 0 aliphatic carbocycles. The van der Waals surface area contributed by atoms with Crippen molar-refractivity contribution in [2.24, 2.45) is 0 Å². The van der Waals surface area contributed by atoms with Gasteiger partial charge >= 0.3 is 0 Å². The van der Waals surface area contributed by atoms with Crippen molar-refractivity contribution in [3.05, 3.63) is 48.2 Å². The van der Waals surface area contributed by atoms with Crippen molar-refractivity contribution in [3.63, 3.8) is 0 Å². The Morgan fingerprint density at radius 3 is 3.11 bits per heavy atom. The van der Waals surface area contributed by atoms with Crippen LogP contribution in [0, 0.1) is 0 Å². The molecule has 0 atom stereocenters. The molecule has 0 aliphatic heterocycles. The van der Waals surface area contributed by atoms with E-state index in [0.717, 1.165) is 10.9 Å². The van der Waals surface area contributed by atoms with E-state index >= 15 is 0 Å². The lowest BCUT2D eigenvalue weighted by molar-refractivity contribution is 0.0950. The molecule has 3 aromatic rings. The van der Waals surface area contributed by atoms with E-state index in [0.29, 0.717) is 17.9 Å². The second-order valence-corrected chi connectivity index (χ2v) is 3.89. The highest BCUT2D eigenvalue weighted by atomic mass is 16.1. The van der Waals surface area contributed by atoms with E-state index in [1.54, 1.807) is 6.07 Å². The van der Waals surface area contributed by atoms with Gasteiger partial charge in [0.2, 0.25) is 0 Å². The zero-order valence-electron chi connectivity index (χ0n) is 9.47. The fourth-order valence-corrected chi connectivity index (χ4v) is 1.77. The Labute approximate surface area is 102 Å². The van der Waals surface area contributed by atoms with Gasteiger partial charge in [-0.1, -0.05) is 6.07 Å². The molecular weight excluding hydrogens is 230 g/mol. The van der Waals surface area contributed by atoms with Crippen LogP contribution in [0.5, 0.6) is 0 Å². The third kappa shape index (κ3) is 1.95. The molecule has 0 bridgehead atoms. The summed E-state index contributed by atoms with van der Waals surface area (Å²) in [6.45, 7) is 0.335. The number of nitrogens with zero attached hydrogens (tertiary/aromatic N) is 2. The van der Waals surface area contributed by atoms with Gasteiger partial charge in [-0.3, -0.25) is 9.89 Å². The summed E-state index contributed by atoms with van der Waals surface area (Å²) in [5.41, 5.74) is 1.56. The van der Waals surface area contributed by atoms with Gasteiger partial charge in [-0.25, -0.2) is 4.98 Å². The van der Waals surface area contributed by atoms with E-state index in [9.17, 15) is 4.79 Å². The lowest BCUT2D eigenvalue weighted by Crippen LogP contribution is -2.23. The molecule has 0 saturated heterocycles. The summed E-state index contributed by atoms with van der Waals surface area (Å²) >= 11 is 0. The largest absolute Gasteiger partial charge is 0.361 e. The molecule has 0 aliphatic rings. The number of nitrogens with one attached hydrogen (secondary N) is 3. The van der Waals surface area contributed by atoms with Crippen LogP contribution in [0.2, 0.25) is 0 Å². The lowest BCUT2D eigenvalue weighted by Gasteiger charge is -2.03. The van der Waals surface area contributed by atoms with Crippen molar-refractivity contribution in [2.75, 3.05) is 0 Å². The van der Waals surface area contributed by atoms with Crippen molar-refractivity contribution in [1.29, 1.82) is 0 Å².